The first kappa shape index (κ1) is 24.2. The van der Waals surface area contributed by atoms with E-state index in [0.29, 0.717) is 38.0 Å². The number of nitrogens with one attached hydrogen (secondary N) is 1. The number of imidazole rings is 1. The molecule has 0 atom stereocenters. The van der Waals surface area contributed by atoms with Gasteiger partial charge in [0.15, 0.2) is 0 Å². The van der Waals surface area contributed by atoms with Gasteiger partial charge < -0.3 is 14.8 Å². The maximum atomic E-state index is 12.9. The Morgan fingerprint density at radius 2 is 1.91 bits per heavy atom. The maximum absolute atomic E-state index is 12.9. The standard InChI is InChI=1S/C24H26Cl2N6O2/c1-16-3-4-18(23(33)28-9-2-11-31-14-10-27-15-31)21(29-16)17-7-12-32(13-8-17)24(34)22-19(25)5-6-20(26)30-22/h3-6,10,14-15,17H,2,7-9,11-13H2,1H3,(H,28,33). The molecule has 0 saturated carbocycles. The van der Waals surface area contributed by atoms with Crippen LogP contribution in [0.1, 0.15) is 57.4 Å². The third-order valence-electron chi connectivity index (χ3n) is 5.93. The maximum Gasteiger partial charge on any atom is 0.274 e. The first-order chi connectivity index (χ1) is 16.4. The van der Waals surface area contributed by atoms with Crippen LogP contribution in [-0.2, 0) is 6.54 Å². The number of piperidine rings is 1. The van der Waals surface area contributed by atoms with Gasteiger partial charge in [-0.05, 0) is 50.5 Å². The molecule has 0 bridgehead atoms. The van der Waals surface area contributed by atoms with Crippen molar-refractivity contribution in [3.63, 3.8) is 0 Å². The number of carbonyl (C=O) groups excluding carboxylic acids is 2. The third-order valence-corrected chi connectivity index (χ3v) is 6.45. The smallest absolute Gasteiger partial charge is 0.274 e. The van der Waals surface area contributed by atoms with Crippen molar-refractivity contribution in [2.24, 2.45) is 0 Å². The van der Waals surface area contributed by atoms with E-state index in [-0.39, 0.29) is 33.6 Å². The molecule has 0 radical (unpaired) electrons. The molecule has 3 aromatic rings. The van der Waals surface area contributed by atoms with E-state index < -0.39 is 0 Å². The molecule has 0 spiro atoms. The molecule has 1 fully saturated rings. The summed E-state index contributed by atoms with van der Waals surface area (Å²) in [5.74, 6) is -0.279. The van der Waals surface area contributed by atoms with Gasteiger partial charge in [-0.15, -0.1) is 0 Å². The lowest BCUT2D eigenvalue weighted by Gasteiger charge is -2.32. The van der Waals surface area contributed by atoms with Gasteiger partial charge in [-0.1, -0.05) is 23.2 Å². The van der Waals surface area contributed by atoms with E-state index in [1.54, 1.807) is 29.6 Å². The highest BCUT2D eigenvalue weighted by Gasteiger charge is 2.29. The van der Waals surface area contributed by atoms with Gasteiger partial charge in [0.1, 0.15) is 10.8 Å². The highest BCUT2D eigenvalue weighted by atomic mass is 35.5. The molecular formula is C24H26Cl2N6O2. The van der Waals surface area contributed by atoms with Crippen molar-refractivity contribution < 1.29 is 9.59 Å². The molecule has 10 heteroatoms. The van der Waals surface area contributed by atoms with Crippen molar-refractivity contribution in [1.29, 1.82) is 0 Å². The summed E-state index contributed by atoms with van der Waals surface area (Å²) in [4.78, 5) is 40.4. The lowest BCUT2D eigenvalue weighted by Crippen LogP contribution is -2.39. The predicted molar refractivity (Wildman–Crippen MR) is 130 cm³/mol. The average molecular weight is 501 g/mol. The summed E-state index contributed by atoms with van der Waals surface area (Å²) in [7, 11) is 0. The molecule has 1 aliphatic heterocycles. The number of aromatic nitrogens is 4. The summed E-state index contributed by atoms with van der Waals surface area (Å²) in [6, 6.07) is 6.83. The second-order valence-corrected chi connectivity index (χ2v) is 9.12. The zero-order chi connectivity index (χ0) is 24.1. The SMILES string of the molecule is Cc1ccc(C(=O)NCCCn2ccnc2)c(C2CCN(C(=O)c3nc(Cl)ccc3Cl)CC2)n1. The number of amides is 2. The van der Waals surface area contributed by atoms with Gasteiger partial charge in [0.2, 0.25) is 0 Å². The van der Waals surface area contributed by atoms with Crippen LogP contribution in [0, 0.1) is 6.92 Å². The van der Waals surface area contributed by atoms with Crippen LogP contribution in [0.15, 0.2) is 43.0 Å². The zero-order valence-electron chi connectivity index (χ0n) is 18.9. The van der Waals surface area contributed by atoms with Crippen molar-refractivity contribution in [2.45, 2.75) is 38.6 Å². The van der Waals surface area contributed by atoms with Crippen LogP contribution in [0.4, 0.5) is 0 Å². The molecule has 0 unspecified atom stereocenters. The van der Waals surface area contributed by atoms with E-state index >= 15 is 0 Å². The van der Waals surface area contributed by atoms with Crippen molar-refractivity contribution in [3.8, 4) is 0 Å². The predicted octanol–water partition coefficient (Wildman–Crippen LogP) is 4.13. The molecule has 8 nitrogen and oxygen atoms in total. The molecule has 1 aliphatic rings. The first-order valence-corrected chi connectivity index (χ1v) is 12.0. The molecule has 178 valence electrons. The second-order valence-electron chi connectivity index (χ2n) is 8.33. The minimum absolute atomic E-state index is 0.0819. The number of hydrogen-bond donors (Lipinski definition) is 1. The fourth-order valence-electron chi connectivity index (χ4n) is 4.13. The normalized spacial score (nSPS) is 14.3. The number of carbonyl (C=O) groups is 2. The van der Waals surface area contributed by atoms with Crippen LogP contribution in [-0.4, -0.2) is 55.9 Å². The fourth-order valence-corrected chi connectivity index (χ4v) is 4.47. The van der Waals surface area contributed by atoms with Gasteiger partial charge in [-0.2, -0.15) is 0 Å². The van der Waals surface area contributed by atoms with Crippen molar-refractivity contribution in [2.75, 3.05) is 19.6 Å². The molecule has 1 N–H and O–H groups in total. The molecule has 34 heavy (non-hydrogen) atoms. The summed E-state index contributed by atoms with van der Waals surface area (Å²) < 4.78 is 1.98. The first-order valence-electron chi connectivity index (χ1n) is 11.2. The van der Waals surface area contributed by atoms with Crippen LogP contribution in [0.2, 0.25) is 10.2 Å². The Bertz CT molecular complexity index is 1160. The van der Waals surface area contributed by atoms with E-state index in [0.717, 1.165) is 24.4 Å². The Hall–Kier alpha value is -2.97. The number of rotatable bonds is 7. The summed E-state index contributed by atoms with van der Waals surface area (Å²) in [6.07, 6.45) is 7.59. The number of pyridine rings is 2. The molecule has 0 aromatic carbocycles. The van der Waals surface area contributed by atoms with Crippen LogP contribution < -0.4 is 5.32 Å². The quantitative estimate of drug-likeness (QED) is 0.388. The Morgan fingerprint density at radius 3 is 2.65 bits per heavy atom. The Labute approximate surface area is 208 Å². The summed E-state index contributed by atoms with van der Waals surface area (Å²) in [6.45, 7) is 4.31. The lowest BCUT2D eigenvalue weighted by atomic mass is 9.89. The van der Waals surface area contributed by atoms with Crippen molar-refractivity contribution in [3.05, 3.63) is 75.8 Å². The minimum Gasteiger partial charge on any atom is -0.352 e. The third kappa shape index (κ3) is 5.74. The zero-order valence-corrected chi connectivity index (χ0v) is 20.4. The average Bonchev–Trinajstić information content (AvgIpc) is 3.36. The molecule has 0 aliphatic carbocycles. The summed E-state index contributed by atoms with van der Waals surface area (Å²) in [5.41, 5.74) is 2.41. The van der Waals surface area contributed by atoms with Gasteiger partial charge in [-0.25, -0.2) is 9.97 Å². The molecule has 4 rings (SSSR count). The van der Waals surface area contributed by atoms with E-state index in [4.69, 9.17) is 28.2 Å². The van der Waals surface area contributed by atoms with Crippen molar-refractivity contribution in [1.82, 2.24) is 29.7 Å². The Kier molecular flexibility index (Phi) is 7.80. The number of likely N-dealkylation sites (tertiary alicyclic amines) is 1. The fraction of sp³-hybridized carbons (Fsp3) is 0.375. The van der Waals surface area contributed by atoms with Gasteiger partial charge in [0, 0.05) is 50.2 Å². The summed E-state index contributed by atoms with van der Waals surface area (Å²) in [5, 5.41) is 3.52. The van der Waals surface area contributed by atoms with Gasteiger partial charge in [0.25, 0.3) is 11.8 Å². The molecule has 3 aromatic heterocycles. The van der Waals surface area contributed by atoms with Crippen LogP contribution >= 0.6 is 23.2 Å². The van der Waals surface area contributed by atoms with E-state index in [1.165, 1.54) is 0 Å². The van der Waals surface area contributed by atoms with Gasteiger partial charge in [0.05, 0.1) is 22.6 Å². The largest absolute Gasteiger partial charge is 0.352 e. The topological polar surface area (TPSA) is 93.0 Å². The van der Waals surface area contributed by atoms with Gasteiger partial charge >= 0.3 is 0 Å². The van der Waals surface area contributed by atoms with E-state index in [9.17, 15) is 9.59 Å². The molecule has 2 amide bonds. The molecule has 4 heterocycles. The monoisotopic (exact) mass is 500 g/mol. The number of hydrogen-bond acceptors (Lipinski definition) is 5. The Balaban J connectivity index is 1.38. The Morgan fingerprint density at radius 1 is 1.12 bits per heavy atom. The van der Waals surface area contributed by atoms with Crippen LogP contribution in [0.5, 0.6) is 0 Å². The van der Waals surface area contributed by atoms with E-state index in [2.05, 4.69) is 15.3 Å². The number of nitrogens with zero attached hydrogens (tertiary/aromatic N) is 5. The van der Waals surface area contributed by atoms with Crippen LogP contribution in [0.25, 0.3) is 0 Å². The highest BCUT2D eigenvalue weighted by molar-refractivity contribution is 6.34. The number of halogens is 2. The van der Waals surface area contributed by atoms with Gasteiger partial charge in [-0.3, -0.25) is 14.6 Å². The molecule has 1 saturated heterocycles. The number of aryl methyl sites for hydroxylation is 2. The van der Waals surface area contributed by atoms with Crippen LogP contribution in [0.3, 0.4) is 0 Å². The van der Waals surface area contributed by atoms with E-state index in [1.807, 2.05) is 29.8 Å². The summed E-state index contributed by atoms with van der Waals surface area (Å²) >= 11 is 12.1. The second kappa shape index (κ2) is 11.0. The van der Waals surface area contributed by atoms with Crippen molar-refractivity contribution >= 4 is 35.0 Å². The molecular weight excluding hydrogens is 475 g/mol. The lowest BCUT2D eigenvalue weighted by molar-refractivity contribution is 0.0704. The highest BCUT2D eigenvalue weighted by Crippen LogP contribution is 2.30. The minimum atomic E-state index is -0.237.